The second-order valence-corrected chi connectivity index (χ2v) is 6.25. The number of phenols is 1. The van der Waals surface area contributed by atoms with Gasteiger partial charge in [0.05, 0.1) is 6.10 Å². The summed E-state index contributed by atoms with van der Waals surface area (Å²) >= 11 is 5.86. The number of carbonyl (C=O) groups excluding carboxylic acids is 1. The van der Waals surface area contributed by atoms with Crippen LogP contribution in [0.15, 0.2) is 36.4 Å². The van der Waals surface area contributed by atoms with Crippen LogP contribution < -0.4 is 15.4 Å². The van der Waals surface area contributed by atoms with Crippen molar-refractivity contribution in [3.05, 3.63) is 52.5 Å². The molecule has 6 nitrogen and oxygen atoms in total. The lowest BCUT2D eigenvalue weighted by atomic mass is 10.0. The van der Waals surface area contributed by atoms with Crippen molar-refractivity contribution in [1.29, 1.82) is 0 Å². The van der Waals surface area contributed by atoms with E-state index in [1.807, 2.05) is 24.3 Å². The molecule has 1 aliphatic heterocycles. The smallest absolute Gasteiger partial charge is 0.262 e. The van der Waals surface area contributed by atoms with Gasteiger partial charge < -0.3 is 25.6 Å². The Kier molecular flexibility index (Phi) is 5.43. The molecule has 0 saturated carbocycles. The Morgan fingerprint density at radius 1 is 1.24 bits per heavy atom. The fourth-order valence-electron chi connectivity index (χ4n) is 2.67. The summed E-state index contributed by atoms with van der Waals surface area (Å²) in [5.74, 6) is -0.114. The van der Waals surface area contributed by atoms with Crippen molar-refractivity contribution < 1.29 is 19.7 Å². The van der Waals surface area contributed by atoms with Crippen molar-refractivity contribution in [3.8, 4) is 11.5 Å². The number of aromatic hydroxyl groups is 1. The van der Waals surface area contributed by atoms with Crippen molar-refractivity contribution in [2.75, 3.05) is 25.0 Å². The molecule has 0 fully saturated rings. The van der Waals surface area contributed by atoms with Crippen molar-refractivity contribution >= 4 is 23.2 Å². The highest BCUT2D eigenvalue weighted by atomic mass is 35.5. The average Bonchev–Trinajstić information content (AvgIpc) is 2.61. The monoisotopic (exact) mass is 362 g/mol. The molecule has 0 radical (unpaired) electrons. The number of fused-ring (bicyclic) bond motifs is 1. The number of amides is 1. The Morgan fingerprint density at radius 3 is 2.76 bits per heavy atom. The molecule has 0 bridgehead atoms. The fourth-order valence-corrected chi connectivity index (χ4v) is 2.80. The van der Waals surface area contributed by atoms with Crippen molar-refractivity contribution in [1.82, 2.24) is 5.32 Å². The molecule has 7 heteroatoms. The zero-order valence-electron chi connectivity index (χ0n) is 13.5. The lowest BCUT2D eigenvalue weighted by Gasteiger charge is -2.23. The predicted octanol–water partition coefficient (Wildman–Crippen LogP) is 2.24. The quantitative estimate of drug-likeness (QED) is 0.467. The van der Waals surface area contributed by atoms with Gasteiger partial charge in [0.1, 0.15) is 11.4 Å². The second-order valence-electron chi connectivity index (χ2n) is 5.81. The van der Waals surface area contributed by atoms with E-state index in [0.717, 1.165) is 12.0 Å². The van der Waals surface area contributed by atoms with Crippen LogP contribution in [0.4, 0.5) is 5.69 Å². The summed E-state index contributed by atoms with van der Waals surface area (Å²) in [6.07, 6.45) is -0.0148. The standard InChI is InChI=1S/C18H19ClN2O4/c19-12-3-1-11(2-4-12)7-8-20-9-15(23)13-5-6-14(22)17-18(13)25-10-16(24)21-17/h1-6,15,20,22-23H,7-10H2,(H,21,24). The van der Waals surface area contributed by atoms with Gasteiger partial charge in [-0.3, -0.25) is 4.79 Å². The zero-order valence-corrected chi connectivity index (χ0v) is 14.2. The topological polar surface area (TPSA) is 90.8 Å². The summed E-state index contributed by atoms with van der Waals surface area (Å²) in [7, 11) is 0. The maximum absolute atomic E-state index is 11.4. The maximum Gasteiger partial charge on any atom is 0.262 e. The van der Waals surface area contributed by atoms with Crippen molar-refractivity contribution in [3.63, 3.8) is 0 Å². The van der Waals surface area contributed by atoms with Gasteiger partial charge in [0.25, 0.3) is 5.91 Å². The predicted molar refractivity (Wildman–Crippen MR) is 95.2 cm³/mol. The average molecular weight is 363 g/mol. The summed E-state index contributed by atoms with van der Waals surface area (Å²) in [4.78, 5) is 11.4. The first-order valence-electron chi connectivity index (χ1n) is 7.96. The van der Waals surface area contributed by atoms with Gasteiger partial charge in [-0.25, -0.2) is 0 Å². The van der Waals surface area contributed by atoms with E-state index >= 15 is 0 Å². The summed E-state index contributed by atoms with van der Waals surface area (Å²) < 4.78 is 5.38. The summed E-state index contributed by atoms with van der Waals surface area (Å²) in [5, 5.41) is 26.7. The molecular weight excluding hydrogens is 344 g/mol. The molecule has 1 amide bonds. The van der Waals surface area contributed by atoms with E-state index in [1.54, 1.807) is 6.07 Å². The van der Waals surface area contributed by atoms with Gasteiger partial charge in [0, 0.05) is 17.1 Å². The van der Waals surface area contributed by atoms with Crippen molar-refractivity contribution in [2.24, 2.45) is 0 Å². The zero-order chi connectivity index (χ0) is 17.8. The molecule has 1 atom stereocenters. The minimum Gasteiger partial charge on any atom is -0.506 e. The maximum atomic E-state index is 11.4. The number of rotatable bonds is 6. The molecule has 0 aliphatic carbocycles. The van der Waals surface area contributed by atoms with Gasteiger partial charge >= 0.3 is 0 Å². The Bertz CT molecular complexity index is 764. The minimum atomic E-state index is -0.824. The number of hydrogen-bond donors (Lipinski definition) is 4. The summed E-state index contributed by atoms with van der Waals surface area (Å²) in [5.41, 5.74) is 1.88. The van der Waals surface area contributed by atoms with E-state index in [9.17, 15) is 15.0 Å². The first-order chi connectivity index (χ1) is 12.0. The Labute approximate surface area is 150 Å². The molecule has 3 rings (SSSR count). The highest BCUT2D eigenvalue weighted by Crippen LogP contribution is 2.41. The van der Waals surface area contributed by atoms with Gasteiger partial charge in [0.2, 0.25) is 0 Å². The highest BCUT2D eigenvalue weighted by molar-refractivity contribution is 6.30. The number of ether oxygens (including phenoxy) is 1. The third-order valence-corrected chi connectivity index (χ3v) is 4.23. The molecule has 2 aromatic carbocycles. The molecule has 25 heavy (non-hydrogen) atoms. The molecule has 4 N–H and O–H groups in total. The lowest BCUT2D eigenvalue weighted by Crippen LogP contribution is -2.28. The molecule has 0 saturated heterocycles. The second kappa shape index (κ2) is 7.74. The fraction of sp³-hybridized carbons (Fsp3) is 0.278. The first-order valence-corrected chi connectivity index (χ1v) is 8.34. The number of anilines is 1. The number of aliphatic hydroxyl groups is 1. The van der Waals surface area contributed by atoms with Crippen LogP contribution in [0.5, 0.6) is 11.5 Å². The van der Waals surface area contributed by atoms with Gasteiger partial charge in [-0.1, -0.05) is 23.7 Å². The van der Waals surface area contributed by atoms with Crippen LogP contribution in [0.2, 0.25) is 5.02 Å². The summed E-state index contributed by atoms with van der Waals surface area (Å²) in [6, 6.07) is 10.7. The summed E-state index contributed by atoms with van der Waals surface area (Å²) in [6.45, 7) is 0.874. The number of phenolic OH excluding ortho intramolecular Hbond substituents is 1. The molecule has 1 heterocycles. The van der Waals surface area contributed by atoms with Crippen LogP contribution in [0.1, 0.15) is 17.2 Å². The molecular formula is C18H19ClN2O4. The lowest BCUT2D eigenvalue weighted by molar-refractivity contribution is -0.118. The van der Waals surface area contributed by atoms with Gasteiger partial charge in [-0.05, 0) is 42.8 Å². The molecule has 1 unspecified atom stereocenters. The normalized spacial score (nSPS) is 14.4. The van der Waals surface area contributed by atoms with E-state index in [4.69, 9.17) is 16.3 Å². The number of carbonyl (C=O) groups is 1. The molecule has 2 aromatic rings. The molecule has 0 aromatic heterocycles. The van der Waals surface area contributed by atoms with Crippen LogP contribution in [0.25, 0.3) is 0 Å². The number of nitrogens with one attached hydrogen (secondary N) is 2. The van der Waals surface area contributed by atoms with Crippen LogP contribution in [0.3, 0.4) is 0 Å². The van der Waals surface area contributed by atoms with Crippen LogP contribution >= 0.6 is 11.6 Å². The number of aliphatic hydroxyl groups excluding tert-OH is 1. The van der Waals surface area contributed by atoms with E-state index in [1.165, 1.54) is 6.07 Å². The highest BCUT2D eigenvalue weighted by Gasteiger charge is 2.25. The van der Waals surface area contributed by atoms with Crippen molar-refractivity contribution in [2.45, 2.75) is 12.5 Å². The number of halogens is 1. The minimum absolute atomic E-state index is 0.0882. The first kappa shape index (κ1) is 17.5. The Morgan fingerprint density at radius 2 is 2.00 bits per heavy atom. The van der Waals surface area contributed by atoms with E-state index in [2.05, 4.69) is 10.6 Å². The van der Waals surface area contributed by atoms with E-state index in [-0.39, 0.29) is 24.0 Å². The molecule has 0 spiro atoms. The third-order valence-electron chi connectivity index (χ3n) is 3.98. The third kappa shape index (κ3) is 4.22. The van der Waals surface area contributed by atoms with Crippen LogP contribution in [0, 0.1) is 0 Å². The largest absolute Gasteiger partial charge is 0.506 e. The molecule has 132 valence electrons. The Balaban J connectivity index is 1.58. The molecule has 1 aliphatic rings. The van der Waals surface area contributed by atoms with Crippen LogP contribution in [-0.4, -0.2) is 35.8 Å². The van der Waals surface area contributed by atoms with Gasteiger partial charge in [-0.15, -0.1) is 0 Å². The number of hydrogen-bond acceptors (Lipinski definition) is 5. The SMILES string of the molecule is O=C1COc2c(C(O)CNCCc3ccc(Cl)cc3)ccc(O)c2N1. The number of benzene rings is 2. The van der Waals surface area contributed by atoms with E-state index < -0.39 is 6.10 Å². The van der Waals surface area contributed by atoms with Gasteiger partial charge in [-0.2, -0.15) is 0 Å². The Hall–Kier alpha value is -2.28. The van der Waals surface area contributed by atoms with E-state index in [0.29, 0.717) is 29.4 Å². The van der Waals surface area contributed by atoms with Crippen LogP contribution in [-0.2, 0) is 11.2 Å². The van der Waals surface area contributed by atoms with Gasteiger partial charge in [0.15, 0.2) is 12.4 Å².